The van der Waals surface area contributed by atoms with E-state index in [9.17, 15) is 14.4 Å². The molecule has 0 atom stereocenters. The van der Waals surface area contributed by atoms with Gasteiger partial charge in [0.05, 0.1) is 0 Å². The summed E-state index contributed by atoms with van der Waals surface area (Å²) >= 11 is 9.34. The molecule has 0 aliphatic rings. The summed E-state index contributed by atoms with van der Waals surface area (Å²) in [7, 11) is 0. The van der Waals surface area contributed by atoms with Gasteiger partial charge in [-0.2, -0.15) is 29.2 Å². The van der Waals surface area contributed by atoms with Crippen LogP contribution in [-0.4, -0.2) is 30.4 Å². The third kappa shape index (κ3) is 4.72. The smallest absolute Gasteiger partial charge is 0.247 e. The lowest BCUT2D eigenvalue weighted by atomic mass is 10.4. The Morgan fingerprint density at radius 2 is 1.38 bits per heavy atom. The minimum atomic E-state index is -0.549. The van der Waals surface area contributed by atoms with Crippen LogP contribution in [-0.2, 0) is 13.1 Å². The van der Waals surface area contributed by atoms with Gasteiger partial charge in [0, 0.05) is 18.8 Å². The standard InChI is InChI=1S/C12H21N3O3S3/c1-2-9-21-15-11(17)13(5-3-7-19)10(16)14(12(15)18)6-4-8-20/h19-20H,2-9H2,1H3. The molecule has 0 fully saturated rings. The second kappa shape index (κ2) is 9.47. The lowest BCUT2D eigenvalue weighted by molar-refractivity contribution is 0.496. The predicted octanol–water partition coefficient (Wildman–Crippen LogP) is 0.718. The van der Waals surface area contributed by atoms with E-state index in [1.54, 1.807) is 0 Å². The lowest BCUT2D eigenvalue weighted by Crippen LogP contribution is -2.53. The van der Waals surface area contributed by atoms with Crippen molar-refractivity contribution in [1.82, 2.24) is 13.1 Å². The molecule has 1 aromatic heterocycles. The number of hydrogen-bond acceptors (Lipinski definition) is 6. The molecule has 6 nitrogen and oxygen atoms in total. The minimum absolute atomic E-state index is 0.273. The van der Waals surface area contributed by atoms with E-state index in [0.29, 0.717) is 30.1 Å². The van der Waals surface area contributed by atoms with Gasteiger partial charge < -0.3 is 0 Å². The first-order valence-corrected chi connectivity index (χ1v) is 9.10. The summed E-state index contributed by atoms with van der Waals surface area (Å²) in [5, 5.41) is 0. The van der Waals surface area contributed by atoms with Crippen LogP contribution in [0.2, 0.25) is 0 Å². The molecule has 0 saturated heterocycles. The molecule has 21 heavy (non-hydrogen) atoms. The highest BCUT2D eigenvalue weighted by molar-refractivity contribution is 7.97. The van der Waals surface area contributed by atoms with Gasteiger partial charge in [-0.25, -0.2) is 23.5 Å². The average molecular weight is 352 g/mol. The Bertz CT molecular complexity index is 505. The maximum atomic E-state index is 12.3. The van der Waals surface area contributed by atoms with Gasteiger partial charge in [-0.3, -0.25) is 0 Å². The fraction of sp³-hybridized carbons (Fsp3) is 0.750. The molecule has 0 aromatic carbocycles. The molecule has 0 unspecified atom stereocenters. The highest BCUT2D eigenvalue weighted by atomic mass is 32.2. The van der Waals surface area contributed by atoms with E-state index < -0.39 is 17.1 Å². The monoisotopic (exact) mass is 351 g/mol. The topological polar surface area (TPSA) is 66.0 Å². The zero-order chi connectivity index (χ0) is 15.8. The zero-order valence-corrected chi connectivity index (χ0v) is 14.6. The third-order valence-corrected chi connectivity index (χ3v) is 4.57. The SMILES string of the molecule is CCCSn1c(=O)n(CCCS)c(=O)n(CCCS)c1=O. The maximum Gasteiger partial charge on any atom is 0.346 e. The Kier molecular flexibility index (Phi) is 8.35. The Balaban J connectivity index is 3.39. The Morgan fingerprint density at radius 1 is 0.905 bits per heavy atom. The fourth-order valence-electron chi connectivity index (χ4n) is 1.74. The largest absolute Gasteiger partial charge is 0.346 e. The number of thiol groups is 2. The van der Waals surface area contributed by atoms with E-state index in [2.05, 4.69) is 25.3 Å². The molecule has 0 aliphatic heterocycles. The molecular weight excluding hydrogens is 330 g/mol. The second-order valence-corrected chi connectivity index (χ2v) is 6.36. The van der Waals surface area contributed by atoms with Crippen LogP contribution in [0, 0.1) is 0 Å². The molecule has 1 rings (SSSR count). The van der Waals surface area contributed by atoms with E-state index in [-0.39, 0.29) is 13.1 Å². The molecule has 0 N–H and O–H groups in total. The predicted molar refractivity (Wildman–Crippen MR) is 94.3 cm³/mol. The summed E-state index contributed by atoms with van der Waals surface area (Å²) in [5.41, 5.74) is -1.64. The van der Waals surface area contributed by atoms with Crippen molar-refractivity contribution in [3.63, 3.8) is 0 Å². The van der Waals surface area contributed by atoms with Crippen molar-refractivity contribution in [1.29, 1.82) is 0 Å². The van der Waals surface area contributed by atoms with Crippen LogP contribution < -0.4 is 17.1 Å². The van der Waals surface area contributed by atoms with Crippen LogP contribution in [0.25, 0.3) is 0 Å². The quantitative estimate of drug-likeness (QED) is 0.644. The molecule has 0 saturated carbocycles. The van der Waals surface area contributed by atoms with Gasteiger partial charge >= 0.3 is 17.1 Å². The molecule has 120 valence electrons. The van der Waals surface area contributed by atoms with Crippen LogP contribution >= 0.6 is 37.2 Å². The van der Waals surface area contributed by atoms with Crippen molar-refractivity contribution in [3.05, 3.63) is 31.5 Å². The van der Waals surface area contributed by atoms with E-state index in [1.165, 1.54) is 0 Å². The van der Waals surface area contributed by atoms with Gasteiger partial charge in [-0.15, -0.1) is 0 Å². The Hall–Kier alpha value is -0.540. The molecule has 0 bridgehead atoms. The first-order chi connectivity index (χ1) is 10.1. The number of hydrogen-bond donors (Lipinski definition) is 2. The normalized spacial score (nSPS) is 11.0. The molecular formula is C12H21N3O3S3. The first-order valence-electron chi connectivity index (χ1n) is 6.90. The van der Waals surface area contributed by atoms with Crippen LogP contribution in [0.5, 0.6) is 0 Å². The highest BCUT2D eigenvalue weighted by Crippen LogP contribution is 2.00. The van der Waals surface area contributed by atoms with Gasteiger partial charge in [0.25, 0.3) is 0 Å². The molecule has 0 aliphatic carbocycles. The van der Waals surface area contributed by atoms with Crippen molar-refractivity contribution in [2.75, 3.05) is 17.3 Å². The van der Waals surface area contributed by atoms with Crippen molar-refractivity contribution in [2.45, 2.75) is 39.3 Å². The second-order valence-electron chi connectivity index (χ2n) is 4.43. The van der Waals surface area contributed by atoms with Gasteiger partial charge in [-0.05, 0) is 42.7 Å². The molecule has 9 heteroatoms. The molecule has 1 aromatic rings. The van der Waals surface area contributed by atoms with Crippen molar-refractivity contribution >= 4 is 37.2 Å². The van der Waals surface area contributed by atoms with E-state index in [0.717, 1.165) is 31.5 Å². The van der Waals surface area contributed by atoms with Crippen LogP contribution in [0.15, 0.2) is 14.4 Å². The van der Waals surface area contributed by atoms with E-state index in [1.807, 2.05) is 6.92 Å². The van der Waals surface area contributed by atoms with Gasteiger partial charge in [0.1, 0.15) is 0 Å². The average Bonchev–Trinajstić information content (AvgIpc) is 2.47. The fourth-order valence-corrected chi connectivity index (χ4v) is 2.81. The maximum absolute atomic E-state index is 12.3. The summed E-state index contributed by atoms with van der Waals surface area (Å²) < 4.78 is 3.33. The number of aromatic nitrogens is 3. The molecule has 0 spiro atoms. The highest BCUT2D eigenvalue weighted by Gasteiger charge is 2.15. The van der Waals surface area contributed by atoms with Gasteiger partial charge in [0.15, 0.2) is 0 Å². The summed E-state index contributed by atoms with van der Waals surface area (Å²) in [5.74, 6) is 1.79. The summed E-state index contributed by atoms with van der Waals surface area (Å²) in [4.78, 5) is 36.9. The van der Waals surface area contributed by atoms with Crippen molar-refractivity contribution in [2.24, 2.45) is 0 Å². The zero-order valence-electron chi connectivity index (χ0n) is 12.0. The molecule has 1 heterocycles. The number of nitrogens with zero attached hydrogens (tertiary/aromatic N) is 3. The summed E-state index contributed by atoms with van der Waals surface area (Å²) in [6.07, 6.45) is 2.03. The Morgan fingerprint density at radius 3 is 1.76 bits per heavy atom. The third-order valence-electron chi connectivity index (χ3n) is 2.78. The van der Waals surface area contributed by atoms with Gasteiger partial charge in [-0.1, -0.05) is 6.92 Å². The van der Waals surface area contributed by atoms with Crippen molar-refractivity contribution < 1.29 is 0 Å². The van der Waals surface area contributed by atoms with Crippen LogP contribution in [0.4, 0.5) is 0 Å². The summed E-state index contributed by atoms with van der Waals surface area (Å²) in [6, 6.07) is 0. The van der Waals surface area contributed by atoms with E-state index >= 15 is 0 Å². The Labute approximate surface area is 138 Å². The van der Waals surface area contributed by atoms with Gasteiger partial charge in [0.2, 0.25) is 0 Å². The molecule has 0 radical (unpaired) electrons. The van der Waals surface area contributed by atoms with Crippen LogP contribution in [0.1, 0.15) is 26.2 Å². The number of rotatable bonds is 9. The first kappa shape index (κ1) is 18.5. The van der Waals surface area contributed by atoms with Crippen LogP contribution in [0.3, 0.4) is 0 Å². The van der Waals surface area contributed by atoms with E-state index in [4.69, 9.17) is 0 Å². The van der Waals surface area contributed by atoms with Crippen molar-refractivity contribution in [3.8, 4) is 0 Å². The lowest BCUT2D eigenvalue weighted by Gasteiger charge is -2.12. The molecule has 0 amide bonds. The minimum Gasteiger partial charge on any atom is -0.247 e. The summed E-state index contributed by atoms with van der Waals surface area (Å²) in [6.45, 7) is 2.51.